The number of hydrogen-bond donors (Lipinski definition) is 1. The first-order chi connectivity index (χ1) is 5.72. The molecule has 0 radical (unpaired) electrons. The minimum atomic E-state index is 0.340. The summed E-state index contributed by atoms with van der Waals surface area (Å²) in [5.41, 5.74) is 1.22. The molecule has 1 aliphatic heterocycles. The third-order valence-electron chi connectivity index (χ3n) is 2.35. The van der Waals surface area contributed by atoms with Crippen LogP contribution in [0.2, 0.25) is 0 Å². The van der Waals surface area contributed by atoms with E-state index in [1.54, 1.807) is 0 Å². The van der Waals surface area contributed by atoms with Crippen LogP contribution in [0, 0.1) is 5.92 Å². The van der Waals surface area contributed by atoms with Crippen molar-refractivity contribution in [2.45, 2.75) is 19.8 Å². The highest BCUT2D eigenvalue weighted by Crippen LogP contribution is 2.16. The summed E-state index contributed by atoms with van der Waals surface area (Å²) in [5, 5.41) is 8.99. The van der Waals surface area contributed by atoms with Crippen molar-refractivity contribution in [3.05, 3.63) is 12.2 Å². The highest BCUT2D eigenvalue weighted by molar-refractivity contribution is 4.92. The van der Waals surface area contributed by atoms with Crippen LogP contribution in [0.15, 0.2) is 12.2 Å². The standard InChI is InChI=1S/C10H19NO/c1-9(2)6-11-5-3-4-10(7-11)8-12/h10,12H,1,3-8H2,2H3. The van der Waals surface area contributed by atoms with Crippen molar-refractivity contribution >= 4 is 0 Å². The van der Waals surface area contributed by atoms with Gasteiger partial charge < -0.3 is 5.11 Å². The van der Waals surface area contributed by atoms with Crippen LogP contribution in [0.4, 0.5) is 0 Å². The Morgan fingerprint density at radius 2 is 2.42 bits per heavy atom. The molecule has 1 rings (SSSR count). The minimum absolute atomic E-state index is 0.340. The van der Waals surface area contributed by atoms with Gasteiger partial charge in [0.25, 0.3) is 0 Å². The lowest BCUT2D eigenvalue weighted by molar-refractivity contribution is 0.127. The Balaban J connectivity index is 2.30. The van der Waals surface area contributed by atoms with Crippen molar-refractivity contribution in [2.24, 2.45) is 5.92 Å². The topological polar surface area (TPSA) is 23.5 Å². The van der Waals surface area contributed by atoms with E-state index in [1.807, 2.05) is 0 Å². The molecular formula is C10H19NO. The van der Waals surface area contributed by atoms with E-state index in [2.05, 4.69) is 18.4 Å². The van der Waals surface area contributed by atoms with Crippen LogP contribution in [0.25, 0.3) is 0 Å². The molecule has 1 saturated heterocycles. The monoisotopic (exact) mass is 169 g/mol. The zero-order valence-corrected chi connectivity index (χ0v) is 7.92. The Hall–Kier alpha value is -0.340. The van der Waals surface area contributed by atoms with Crippen LogP contribution in [-0.4, -0.2) is 36.2 Å². The van der Waals surface area contributed by atoms with Crippen molar-refractivity contribution < 1.29 is 5.11 Å². The summed E-state index contributed by atoms with van der Waals surface area (Å²) in [6.07, 6.45) is 2.40. The Labute approximate surface area is 74.9 Å². The SMILES string of the molecule is C=C(C)CN1CCCC(CO)C1. The van der Waals surface area contributed by atoms with Gasteiger partial charge in [0.1, 0.15) is 0 Å². The van der Waals surface area contributed by atoms with Crippen LogP contribution >= 0.6 is 0 Å². The Kier molecular flexibility index (Phi) is 3.76. The van der Waals surface area contributed by atoms with Crippen molar-refractivity contribution in [3.8, 4) is 0 Å². The van der Waals surface area contributed by atoms with Gasteiger partial charge in [-0.25, -0.2) is 0 Å². The van der Waals surface area contributed by atoms with Gasteiger partial charge >= 0.3 is 0 Å². The van der Waals surface area contributed by atoms with Gasteiger partial charge in [0, 0.05) is 19.7 Å². The smallest absolute Gasteiger partial charge is 0.0471 e. The molecule has 0 aliphatic carbocycles. The summed E-state index contributed by atoms with van der Waals surface area (Å²) in [4.78, 5) is 2.38. The van der Waals surface area contributed by atoms with E-state index >= 15 is 0 Å². The van der Waals surface area contributed by atoms with Gasteiger partial charge in [0.05, 0.1) is 0 Å². The molecule has 1 aliphatic rings. The highest BCUT2D eigenvalue weighted by atomic mass is 16.3. The van der Waals surface area contributed by atoms with Crippen LogP contribution in [-0.2, 0) is 0 Å². The van der Waals surface area contributed by atoms with E-state index in [0.717, 1.165) is 13.1 Å². The molecule has 2 nitrogen and oxygen atoms in total. The molecule has 2 heteroatoms. The lowest BCUT2D eigenvalue weighted by Gasteiger charge is -2.31. The number of rotatable bonds is 3. The zero-order valence-electron chi connectivity index (χ0n) is 7.92. The zero-order chi connectivity index (χ0) is 8.97. The average molecular weight is 169 g/mol. The molecule has 1 fully saturated rings. The number of likely N-dealkylation sites (tertiary alicyclic amines) is 1. The van der Waals surface area contributed by atoms with Crippen LogP contribution in [0.1, 0.15) is 19.8 Å². The fourth-order valence-electron chi connectivity index (χ4n) is 1.83. The predicted molar refractivity (Wildman–Crippen MR) is 51.1 cm³/mol. The maximum absolute atomic E-state index is 8.99. The molecule has 0 bridgehead atoms. The molecule has 1 heterocycles. The molecule has 70 valence electrons. The van der Waals surface area contributed by atoms with Crippen LogP contribution in [0.5, 0.6) is 0 Å². The first kappa shape index (κ1) is 9.75. The normalized spacial score (nSPS) is 25.7. The Bertz CT molecular complexity index is 156. The summed E-state index contributed by atoms with van der Waals surface area (Å²) in [5.74, 6) is 0.498. The molecule has 0 saturated carbocycles. The first-order valence-electron chi connectivity index (χ1n) is 4.70. The predicted octanol–water partition coefficient (Wildman–Crippen LogP) is 1.27. The summed E-state index contributed by atoms with van der Waals surface area (Å²) in [6.45, 7) is 9.51. The fraction of sp³-hybridized carbons (Fsp3) is 0.800. The molecule has 0 aromatic carbocycles. The third-order valence-corrected chi connectivity index (χ3v) is 2.35. The van der Waals surface area contributed by atoms with Crippen molar-refractivity contribution in [2.75, 3.05) is 26.2 Å². The number of nitrogens with zero attached hydrogens (tertiary/aromatic N) is 1. The maximum atomic E-state index is 8.99. The molecule has 0 aromatic heterocycles. The third kappa shape index (κ3) is 2.95. The van der Waals surface area contributed by atoms with Gasteiger partial charge in [-0.05, 0) is 32.2 Å². The van der Waals surface area contributed by atoms with Gasteiger partial charge in [-0.15, -0.1) is 0 Å². The number of aliphatic hydroxyl groups excluding tert-OH is 1. The minimum Gasteiger partial charge on any atom is -0.396 e. The van der Waals surface area contributed by atoms with E-state index in [-0.39, 0.29) is 0 Å². The van der Waals surface area contributed by atoms with Gasteiger partial charge in [0.2, 0.25) is 0 Å². The van der Waals surface area contributed by atoms with Gasteiger partial charge in [-0.2, -0.15) is 0 Å². The molecule has 0 amide bonds. The second kappa shape index (κ2) is 4.63. The average Bonchev–Trinajstić information content (AvgIpc) is 2.03. The van der Waals surface area contributed by atoms with E-state index in [1.165, 1.54) is 25.0 Å². The molecule has 0 spiro atoms. The number of aliphatic hydroxyl groups is 1. The van der Waals surface area contributed by atoms with E-state index in [4.69, 9.17) is 5.11 Å². The lowest BCUT2D eigenvalue weighted by atomic mass is 9.99. The first-order valence-corrected chi connectivity index (χ1v) is 4.70. The van der Waals surface area contributed by atoms with Crippen molar-refractivity contribution in [1.29, 1.82) is 0 Å². The van der Waals surface area contributed by atoms with E-state index in [9.17, 15) is 0 Å². The summed E-state index contributed by atoms with van der Waals surface area (Å²) < 4.78 is 0. The lowest BCUT2D eigenvalue weighted by Crippen LogP contribution is -2.37. The Morgan fingerprint density at radius 3 is 3.00 bits per heavy atom. The summed E-state index contributed by atoms with van der Waals surface area (Å²) in [7, 11) is 0. The van der Waals surface area contributed by atoms with Gasteiger partial charge in [-0.1, -0.05) is 12.2 Å². The fourth-order valence-corrected chi connectivity index (χ4v) is 1.83. The number of piperidine rings is 1. The number of hydrogen-bond acceptors (Lipinski definition) is 2. The van der Waals surface area contributed by atoms with E-state index < -0.39 is 0 Å². The maximum Gasteiger partial charge on any atom is 0.0471 e. The molecule has 1 atom stereocenters. The molecule has 0 aromatic rings. The second-order valence-corrected chi connectivity index (χ2v) is 3.88. The summed E-state index contributed by atoms with van der Waals surface area (Å²) >= 11 is 0. The summed E-state index contributed by atoms with van der Waals surface area (Å²) in [6, 6.07) is 0. The van der Waals surface area contributed by atoms with Crippen LogP contribution < -0.4 is 0 Å². The molecular weight excluding hydrogens is 150 g/mol. The largest absolute Gasteiger partial charge is 0.396 e. The Morgan fingerprint density at radius 1 is 1.67 bits per heavy atom. The van der Waals surface area contributed by atoms with Crippen molar-refractivity contribution in [3.63, 3.8) is 0 Å². The highest BCUT2D eigenvalue weighted by Gasteiger charge is 2.18. The van der Waals surface area contributed by atoms with Crippen LogP contribution in [0.3, 0.4) is 0 Å². The quantitative estimate of drug-likeness (QED) is 0.643. The van der Waals surface area contributed by atoms with Gasteiger partial charge in [0.15, 0.2) is 0 Å². The molecule has 1 unspecified atom stereocenters. The van der Waals surface area contributed by atoms with Crippen molar-refractivity contribution in [1.82, 2.24) is 4.90 Å². The van der Waals surface area contributed by atoms with E-state index in [0.29, 0.717) is 12.5 Å². The molecule has 12 heavy (non-hydrogen) atoms. The second-order valence-electron chi connectivity index (χ2n) is 3.88. The van der Waals surface area contributed by atoms with Gasteiger partial charge in [-0.3, -0.25) is 4.90 Å². The molecule has 1 N–H and O–H groups in total.